The number of halogens is 3. The average Bonchev–Trinajstić information content (AvgIpc) is 2.69. The fourth-order valence-corrected chi connectivity index (χ4v) is 4.13. The van der Waals surface area contributed by atoms with Gasteiger partial charge in [-0.15, -0.1) is 11.3 Å². The van der Waals surface area contributed by atoms with Gasteiger partial charge in [-0.1, -0.05) is 18.2 Å². The van der Waals surface area contributed by atoms with Crippen LogP contribution >= 0.6 is 23.1 Å². The van der Waals surface area contributed by atoms with Gasteiger partial charge in [-0.2, -0.15) is 13.2 Å². The summed E-state index contributed by atoms with van der Waals surface area (Å²) in [6.07, 6.45) is 3.11. The van der Waals surface area contributed by atoms with Gasteiger partial charge in [0.15, 0.2) is 5.16 Å². The Morgan fingerprint density at radius 1 is 1.25 bits per heavy atom. The first kappa shape index (κ1) is 18.8. The lowest BCUT2D eigenvalue weighted by atomic mass is 10.1. The summed E-state index contributed by atoms with van der Waals surface area (Å²) >= 11 is 3.36. The Morgan fingerprint density at radius 2 is 1.88 bits per heavy atom. The topological polar surface area (TPSA) is 89.1 Å². The number of nitrogens with two attached hydrogens (primary N) is 1. The molecule has 2 aromatic heterocycles. The van der Waals surface area contributed by atoms with E-state index in [4.69, 9.17) is 15.6 Å². The fraction of sp³-hybridized carbons (Fsp3) is 0.500. The van der Waals surface area contributed by atoms with Crippen LogP contribution in [0.2, 0.25) is 0 Å². The molecule has 0 aliphatic heterocycles. The zero-order chi connectivity index (χ0) is 17.9. The van der Waals surface area contributed by atoms with E-state index in [0.717, 1.165) is 21.8 Å². The van der Waals surface area contributed by atoms with E-state index in [-0.39, 0.29) is 0 Å². The highest BCUT2D eigenvalue weighted by molar-refractivity contribution is 7.98. The van der Waals surface area contributed by atoms with Crippen LogP contribution in [-0.4, -0.2) is 33.5 Å². The summed E-state index contributed by atoms with van der Waals surface area (Å²) in [5.41, 5.74) is 7.52. The summed E-state index contributed by atoms with van der Waals surface area (Å²) < 4.78 is 31.7. The molecule has 0 radical (unpaired) electrons. The largest absolute Gasteiger partial charge is 0.490 e. The van der Waals surface area contributed by atoms with E-state index < -0.39 is 12.1 Å². The zero-order valence-electron chi connectivity index (χ0n) is 12.8. The molecule has 132 valence electrons. The molecule has 0 fully saturated rings. The van der Waals surface area contributed by atoms with Crippen LogP contribution in [0.5, 0.6) is 0 Å². The number of fused-ring (bicyclic) bond motifs is 3. The van der Waals surface area contributed by atoms with Gasteiger partial charge >= 0.3 is 12.1 Å². The quantitative estimate of drug-likeness (QED) is 0.444. The van der Waals surface area contributed by atoms with E-state index >= 15 is 0 Å². The number of thioether (sulfide) groups is 1. The number of aromatic nitrogens is 2. The smallest absolute Gasteiger partial charge is 0.475 e. The van der Waals surface area contributed by atoms with Gasteiger partial charge in [-0.25, -0.2) is 14.8 Å². The van der Waals surface area contributed by atoms with Crippen molar-refractivity contribution in [2.75, 3.05) is 12.0 Å². The van der Waals surface area contributed by atoms with Crippen molar-refractivity contribution in [1.82, 2.24) is 9.97 Å². The van der Waals surface area contributed by atoms with Crippen molar-refractivity contribution in [2.45, 2.75) is 43.4 Å². The number of alkyl halides is 3. The summed E-state index contributed by atoms with van der Waals surface area (Å²) in [6.45, 7) is 0. The summed E-state index contributed by atoms with van der Waals surface area (Å²) in [6, 6.07) is 0. The molecule has 0 unspecified atom stereocenters. The molecule has 2 aromatic rings. The Labute approximate surface area is 144 Å². The first-order valence-electron chi connectivity index (χ1n) is 7.16. The van der Waals surface area contributed by atoms with Crippen molar-refractivity contribution in [1.29, 1.82) is 0 Å². The maximum absolute atomic E-state index is 10.6. The fourth-order valence-electron chi connectivity index (χ4n) is 2.43. The van der Waals surface area contributed by atoms with Gasteiger partial charge in [0.25, 0.3) is 0 Å². The summed E-state index contributed by atoms with van der Waals surface area (Å²) in [5.74, 6) is -2.09. The molecule has 1 aliphatic rings. The van der Waals surface area contributed by atoms with Crippen LogP contribution in [0.1, 0.15) is 29.7 Å². The Kier molecular flexibility index (Phi) is 5.92. The number of nitrogens with zero attached hydrogens (tertiary/aromatic N) is 2. The number of carboxylic acids is 1. The minimum atomic E-state index is -5.08. The first-order chi connectivity index (χ1) is 11.2. The second-order valence-corrected chi connectivity index (χ2v) is 7.00. The van der Waals surface area contributed by atoms with Gasteiger partial charge in [0.2, 0.25) is 0 Å². The number of carbonyl (C=O) groups is 1. The van der Waals surface area contributed by atoms with Gasteiger partial charge in [-0.05, 0) is 37.5 Å². The van der Waals surface area contributed by atoms with Crippen LogP contribution in [0, 0.1) is 0 Å². The Morgan fingerprint density at radius 3 is 2.46 bits per heavy atom. The van der Waals surface area contributed by atoms with Gasteiger partial charge in [0.05, 0.1) is 5.39 Å². The van der Waals surface area contributed by atoms with Gasteiger partial charge < -0.3 is 10.8 Å². The number of aliphatic carboxylic acids is 1. The number of anilines is 1. The molecule has 0 bridgehead atoms. The molecule has 3 rings (SSSR count). The van der Waals surface area contributed by atoms with E-state index in [1.165, 1.54) is 36.1 Å². The molecule has 0 amide bonds. The molecule has 0 saturated carbocycles. The van der Waals surface area contributed by atoms with Crippen LogP contribution in [0.25, 0.3) is 10.2 Å². The van der Waals surface area contributed by atoms with Crippen molar-refractivity contribution in [3.05, 3.63) is 10.4 Å². The molecule has 0 aromatic carbocycles. The molecular formula is C14H16F3N3O2S2. The molecule has 10 heteroatoms. The van der Waals surface area contributed by atoms with Gasteiger partial charge in [0, 0.05) is 4.88 Å². The number of hydrogen-bond donors (Lipinski definition) is 2. The third kappa shape index (κ3) is 4.29. The third-order valence-corrected chi connectivity index (χ3v) is 5.23. The number of rotatable bonds is 1. The van der Waals surface area contributed by atoms with Gasteiger partial charge in [0.1, 0.15) is 10.6 Å². The van der Waals surface area contributed by atoms with Crippen molar-refractivity contribution in [3.8, 4) is 0 Å². The van der Waals surface area contributed by atoms with E-state index in [9.17, 15) is 13.2 Å². The van der Waals surface area contributed by atoms with E-state index in [2.05, 4.69) is 9.97 Å². The van der Waals surface area contributed by atoms with Crippen molar-refractivity contribution in [3.63, 3.8) is 0 Å². The molecule has 3 N–H and O–H groups in total. The predicted molar refractivity (Wildman–Crippen MR) is 88.6 cm³/mol. The van der Waals surface area contributed by atoms with E-state index in [0.29, 0.717) is 5.82 Å². The monoisotopic (exact) mass is 379 g/mol. The van der Waals surface area contributed by atoms with Crippen LogP contribution in [-0.2, 0) is 17.6 Å². The van der Waals surface area contributed by atoms with Gasteiger partial charge in [-0.3, -0.25) is 0 Å². The van der Waals surface area contributed by atoms with Crippen molar-refractivity contribution < 1.29 is 23.1 Å². The lowest BCUT2D eigenvalue weighted by Crippen LogP contribution is -2.21. The predicted octanol–water partition coefficient (Wildman–Crippen LogP) is 3.90. The summed E-state index contributed by atoms with van der Waals surface area (Å²) in [7, 11) is 0. The minimum Gasteiger partial charge on any atom is -0.475 e. The third-order valence-electron chi connectivity index (χ3n) is 3.50. The molecular weight excluding hydrogens is 363 g/mol. The van der Waals surface area contributed by atoms with Crippen molar-refractivity contribution >= 4 is 45.1 Å². The van der Waals surface area contributed by atoms with Crippen LogP contribution in [0.4, 0.5) is 19.0 Å². The summed E-state index contributed by atoms with van der Waals surface area (Å²) in [4.78, 5) is 20.4. The first-order valence-corrected chi connectivity index (χ1v) is 9.20. The number of thiophene rings is 1. The second-order valence-electron chi connectivity index (χ2n) is 5.14. The Balaban J connectivity index is 0.000000256. The SMILES string of the molecule is CSc1nc(N)c2c3c(sc2n1)CCCCC3.O=C(O)C(F)(F)F. The number of nitrogen functional groups attached to an aromatic ring is 1. The van der Waals surface area contributed by atoms with E-state index in [1.54, 1.807) is 11.8 Å². The number of hydrogen-bond acceptors (Lipinski definition) is 6. The lowest BCUT2D eigenvalue weighted by molar-refractivity contribution is -0.192. The zero-order valence-corrected chi connectivity index (χ0v) is 14.4. The molecule has 0 spiro atoms. The average molecular weight is 379 g/mol. The summed E-state index contributed by atoms with van der Waals surface area (Å²) in [5, 5.41) is 9.04. The minimum absolute atomic E-state index is 0.666. The highest BCUT2D eigenvalue weighted by atomic mass is 32.2. The van der Waals surface area contributed by atoms with E-state index in [1.807, 2.05) is 17.6 Å². The molecule has 0 saturated heterocycles. The van der Waals surface area contributed by atoms with Crippen LogP contribution in [0.15, 0.2) is 5.16 Å². The molecule has 0 atom stereocenters. The highest BCUT2D eigenvalue weighted by Gasteiger charge is 2.38. The van der Waals surface area contributed by atoms with Crippen LogP contribution in [0.3, 0.4) is 0 Å². The molecule has 5 nitrogen and oxygen atoms in total. The number of aryl methyl sites for hydroxylation is 2. The molecule has 2 heterocycles. The second kappa shape index (κ2) is 7.56. The van der Waals surface area contributed by atoms with Crippen molar-refractivity contribution in [2.24, 2.45) is 0 Å². The molecule has 24 heavy (non-hydrogen) atoms. The highest BCUT2D eigenvalue weighted by Crippen LogP contribution is 2.37. The lowest BCUT2D eigenvalue weighted by Gasteiger charge is -2.02. The Hall–Kier alpha value is -1.55. The molecule has 1 aliphatic carbocycles. The number of carboxylic acid groups (broad SMARTS) is 1. The van der Waals surface area contributed by atoms with Crippen LogP contribution < -0.4 is 5.73 Å². The maximum atomic E-state index is 10.6. The standard InChI is InChI=1S/C12H15N3S2.C2HF3O2/c1-16-12-14-10(13)9-7-5-3-2-4-6-8(7)17-11(9)15-12;3-2(4,5)1(6)7/h2-6H2,1H3,(H2,13,14,15);(H,6,7). The maximum Gasteiger partial charge on any atom is 0.490 e. The Bertz CT molecular complexity index is 747. The normalized spacial score (nSPS) is 14.5.